The van der Waals surface area contributed by atoms with E-state index in [4.69, 9.17) is 37.9 Å². The summed E-state index contributed by atoms with van der Waals surface area (Å²) in [5.41, 5.74) is -3.25. The van der Waals surface area contributed by atoms with Gasteiger partial charge in [0.05, 0.1) is 52.9 Å². The van der Waals surface area contributed by atoms with E-state index in [2.05, 4.69) is 0 Å². The van der Waals surface area contributed by atoms with Crippen LogP contribution in [0.4, 0.5) is 0 Å². The van der Waals surface area contributed by atoms with Gasteiger partial charge in [0.25, 0.3) is 0 Å². The average Bonchev–Trinajstić information content (AvgIpc) is 3.19. The fraction of sp³-hybridized carbons (Fsp3) is 0.814. The number of ether oxygens (including phenoxy) is 8. The molecular formula is C43H72O16. The Morgan fingerprint density at radius 3 is 0.712 bits per heavy atom. The zero-order valence-corrected chi connectivity index (χ0v) is 37.0. The largest absolute Gasteiger partial charge is 0.465 e. The third-order valence-corrected chi connectivity index (χ3v) is 9.85. The Kier molecular flexibility index (Phi) is 29.4. The van der Waals surface area contributed by atoms with E-state index in [-0.39, 0.29) is 91.4 Å². The van der Waals surface area contributed by atoms with Gasteiger partial charge in [-0.25, -0.2) is 0 Å². The van der Waals surface area contributed by atoms with E-state index in [0.717, 1.165) is 0 Å². The molecule has 16 heteroatoms. The first-order chi connectivity index (χ1) is 28.3. The van der Waals surface area contributed by atoms with Crippen LogP contribution in [0.3, 0.4) is 0 Å². The second-order valence-electron chi connectivity index (χ2n) is 13.9. The van der Waals surface area contributed by atoms with Crippen LogP contribution < -0.4 is 0 Å². The quantitative estimate of drug-likeness (QED) is 0.0291. The molecular weight excluding hydrogens is 772 g/mol. The van der Waals surface area contributed by atoms with Gasteiger partial charge in [-0.05, 0) is 93.9 Å². The summed E-state index contributed by atoms with van der Waals surface area (Å²) >= 11 is 0. The Bertz CT molecular complexity index is 1130. The highest BCUT2D eigenvalue weighted by Gasteiger charge is 2.49. The van der Waals surface area contributed by atoms with Crippen molar-refractivity contribution in [2.24, 2.45) is 22.7 Å². The summed E-state index contributed by atoms with van der Waals surface area (Å²) in [6, 6.07) is 0. The van der Waals surface area contributed by atoms with Crippen LogP contribution in [0.1, 0.15) is 152 Å². The van der Waals surface area contributed by atoms with E-state index in [1.54, 1.807) is 55.4 Å². The molecule has 0 bridgehead atoms. The Morgan fingerprint density at radius 2 is 0.508 bits per heavy atom. The van der Waals surface area contributed by atoms with Gasteiger partial charge in [0.2, 0.25) is 0 Å². The average molecular weight is 845 g/mol. The summed E-state index contributed by atoms with van der Waals surface area (Å²) in [6.45, 7) is 13.8. The molecule has 0 fully saturated rings. The first-order valence-corrected chi connectivity index (χ1v) is 21.6. The zero-order chi connectivity index (χ0) is 44.7. The molecule has 340 valence electrons. The molecule has 0 aliphatic heterocycles. The van der Waals surface area contributed by atoms with Crippen LogP contribution in [0.25, 0.3) is 0 Å². The van der Waals surface area contributed by atoms with Crippen LogP contribution in [0.5, 0.6) is 0 Å². The van der Waals surface area contributed by atoms with Crippen LogP contribution >= 0.6 is 0 Å². The molecule has 0 unspecified atom stereocenters. The molecule has 0 aliphatic rings. The molecule has 0 saturated carbocycles. The van der Waals surface area contributed by atoms with Gasteiger partial charge in [-0.1, -0.05) is 57.8 Å². The van der Waals surface area contributed by atoms with E-state index in [0.29, 0.717) is 57.8 Å². The molecule has 0 spiro atoms. The van der Waals surface area contributed by atoms with Crippen molar-refractivity contribution in [3.63, 3.8) is 0 Å². The number of carbonyl (C=O) groups excluding carboxylic acids is 8. The lowest BCUT2D eigenvalue weighted by molar-refractivity contribution is -0.175. The van der Waals surface area contributed by atoms with Gasteiger partial charge in [-0.3, -0.25) is 38.4 Å². The lowest BCUT2D eigenvalue weighted by Crippen LogP contribution is -2.43. The summed E-state index contributed by atoms with van der Waals surface area (Å²) in [7, 11) is 0. The molecule has 0 aromatic heterocycles. The van der Waals surface area contributed by atoms with Crippen LogP contribution in [-0.2, 0) is 76.3 Å². The van der Waals surface area contributed by atoms with E-state index in [9.17, 15) is 38.4 Å². The molecule has 0 radical (unpaired) electrons. The SMILES string of the molecule is CCOC(=O)C(CCCCCC(CCCCCC(CCCCCC(C(=O)OCC)C(=O)OCC)(C(=O)OCC)C(=O)OCC)(C(=O)OCC)C(=O)OCC)C(=O)OCC. The highest BCUT2D eigenvalue weighted by atomic mass is 16.6. The zero-order valence-electron chi connectivity index (χ0n) is 37.0. The van der Waals surface area contributed by atoms with Gasteiger partial charge in [-0.15, -0.1) is 0 Å². The highest BCUT2D eigenvalue weighted by Crippen LogP contribution is 2.38. The molecule has 59 heavy (non-hydrogen) atoms. The maximum absolute atomic E-state index is 13.6. The maximum Gasteiger partial charge on any atom is 0.323 e. The Labute approximate surface area is 350 Å². The fourth-order valence-corrected chi connectivity index (χ4v) is 6.88. The lowest BCUT2D eigenvalue weighted by Gasteiger charge is -2.30. The predicted octanol–water partition coefficient (Wildman–Crippen LogP) is 6.55. The van der Waals surface area contributed by atoms with Crippen molar-refractivity contribution in [3.8, 4) is 0 Å². The van der Waals surface area contributed by atoms with Gasteiger partial charge in [0.15, 0.2) is 22.7 Å². The predicted molar refractivity (Wildman–Crippen MR) is 214 cm³/mol. The van der Waals surface area contributed by atoms with E-state index in [1.807, 2.05) is 0 Å². The molecule has 0 heterocycles. The number of esters is 8. The van der Waals surface area contributed by atoms with E-state index in [1.165, 1.54) is 0 Å². The van der Waals surface area contributed by atoms with E-state index < -0.39 is 70.4 Å². The summed E-state index contributed by atoms with van der Waals surface area (Å²) in [5, 5.41) is 0. The van der Waals surface area contributed by atoms with Crippen LogP contribution in [0.2, 0.25) is 0 Å². The maximum atomic E-state index is 13.6. The molecule has 0 atom stereocenters. The minimum atomic E-state index is -1.63. The van der Waals surface area contributed by atoms with Crippen molar-refractivity contribution in [2.45, 2.75) is 152 Å². The summed E-state index contributed by atoms with van der Waals surface area (Å²) in [4.78, 5) is 104. The molecule has 0 amide bonds. The number of hydrogen-bond donors (Lipinski definition) is 0. The minimum absolute atomic E-state index is 0.0364. The molecule has 0 aromatic carbocycles. The van der Waals surface area contributed by atoms with Gasteiger partial charge >= 0.3 is 47.8 Å². The minimum Gasteiger partial charge on any atom is -0.465 e. The number of rotatable bonds is 34. The van der Waals surface area contributed by atoms with Crippen molar-refractivity contribution in [3.05, 3.63) is 0 Å². The lowest BCUT2D eigenvalue weighted by atomic mass is 9.75. The molecule has 0 rings (SSSR count). The van der Waals surface area contributed by atoms with Crippen molar-refractivity contribution < 1.29 is 76.3 Å². The van der Waals surface area contributed by atoms with Gasteiger partial charge in [-0.2, -0.15) is 0 Å². The van der Waals surface area contributed by atoms with Gasteiger partial charge in [0, 0.05) is 0 Å². The van der Waals surface area contributed by atoms with Crippen molar-refractivity contribution >= 4 is 47.8 Å². The normalized spacial score (nSPS) is 11.4. The van der Waals surface area contributed by atoms with Crippen molar-refractivity contribution in [1.82, 2.24) is 0 Å². The second-order valence-corrected chi connectivity index (χ2v) is 13.9. The van der Waals surface area contributed by atoms with Gasteiger partial charge < -0.3 is 37.9 Å². The highest BCUT2D eigenvalue weighted by molar-refractivity contribution is 6.01. The molecule has 0 saturated heterocycles. The number of unbranched alkanes of at least 4 members (excludes halogenated alkanes) is 6. The third kappa shape index (κ3) is 18.7. The summed E-state index contributed by atoms with van der Waals surface area (Å²) < 4.78 is 41.9. The van der Waals surface area contributed by atoms with Gasteiger partial charge in [0.1, 0.15) is 0 Å². The summed E-state index contributed by atoms with van der Waals surface area (Å²) in [5.74, 6) is -7.66. The number of carbonyl (C=O) groups is 8. The van der Waals surface area contributed by atoms with Crippen molar-refractivity contribution in [2.75, 3.05) is 52.9 Å². The topological polar surface area (TPSA) is 210 Å². The first kappa shape index (κ1) is 54.8. The second kappa shape index (κ2) is 31.7. The Hall–Kier alpha value is -4.24. The monoisotopic (exact) mass is 844 g/mol. The molecule has 0 aliphatic carbocycles. The molecule has 0 N–H and O–H groups in total. The van der Waals surface area contributed by atoms with Crippen LogP contribution in [-0.4, -0.2) is 101 Å². The van der Waals surface area contributed by atoms with Crippen LogP contribution in [0, 0.1) is 22.7 Å². The van der Waals surface area contributed by atoms with E-state index >= 15 is 0 Å². The standard InChI is InChI=1S/C43H72O16/c1-9-52-34(44)32(35(45)53-10-2)26-20-17-22-28-42(38(48)56-13-5,39(49)57-14-6)30-24-19-25-31-43(40(50)58-15-7,41(51)59-16-8)29-23-18-21-27-33(36(46)54-11-3)37(47)55-12-4/h32-33H,9-31H2,1-8H3. The summed E-state index contributed by atoms with van der Waals surface area (Å²) in [6.07, 6.45) is 4.35. The smallest absolute Gasteiger partial charge is 0.323 e. The fourth-order valence-electron chi connectivity index (χ4n) is 6.88. The first-order valence-electron chi connectivity index (χ1n) is 21.6. The Balaban J connectivity index is 6.02. The van der Waals surface area contributed by atoms with Crippen LogP contribution in [0.15, 0.2) is 0 Å². The molecule has 0 aromatic rings. The molecule has 16 nitrogen and oxygen atoms in total. The van der Waals surface area contributed by atoms with Crippen molar-refractivity contribution in [1.29, 1.82) is 0 Å². The third-order valence-electron chi connectivity index (χ3n) is 9.85. The number of hydrogen-bond acceptors (Lipinski definition) is 16. The Morgan fingerprint density at radius 1 is 0.305 bits per heavy atom.